The lowest BCUT2D eigenvalue weighted by Gasteiger charge is -2.13. The summed E-state index contributed by atoms with van der Waals surface area (Å²) in [6.07, 6.45) is 1.46. The summed E-state index contributed by atoms with van der Waals surface area (Å²) in [5.74, 6) is -0.827. The summed E-state index contributed by atoms with van der Waals surface area (Å²) < 4.78 is 4.52. The molecule has 1 aliphatic carbocycles. The molecule has 1 unspecified atom stereocenters. The average molecular weight is 200 g/mol. The largest absolute Gasteiger partial charge is 0.469 e. The van der Waals surface area contributed by atoms with E-state index in [0.29, 0.717) is 0 Å². The van der Waals surface area contributed by atoms with Crippen LogP contribution >= 0.6 is 0 Å². The quantitative estimate of drug-likeness (QED) is 0.594. The molecular formula is C9H16N2O3. The van der Waals surface area contributed by atoms with Gasteiger partial charge in [-0.05, 0) is 12.8 Å². The number of hydrogen-bond acceptors (Lipinski definition) is 4. The van der Waals surface area contributed by atoms with Crippen molar-refractivity contribution in [1.29, 1.82) is 0 Å². The summed E-state index contributed by atoms with van der Waals surface area (Å²) in [6.45, 7) is 1.98. The third kappa shape index (κ3) is 2.45. The van der Waals surface area contributed by atoms with Crippen molar-refractivity contribution in [2.24, 2.45) is 11.7 Å². The highest BCUT2D eigenvalue weighted by atomic mass is 16.5. The highest BCUT2D eigenvalue weighted by Gasteiger charge is 2.45. The lowest BCUT2D eigenvalue weighted by atomic mass is 10.2. The van der Waals surface area contributed by atoms with Crippen molar-refractivity contribution in [3.63, 3.8) is 0 Å². The second-order valence-electron chi connectivity index (χ2n) is 3.79. The molecule has 0 radical (unpaired) electrons. The Morgan fingerprint density at radius 3 is 2.57 bits per heavy atom. The number of esters is 1. The van der Waals surface area contributed by atoms with Gasteiger partial charge in [-0.2, -0.15) is 0 Å². The van der Waals surface area contributed by atoms with Gasteiger partial charge in [0.05, 0.1) is 18.6 Å². The van der Waals surface area contributed by atoms with Crippen LogP contribution in [0.3, 0.4) is 0 Å². The van der Waals surface area contributed by atoms with Crippen molar-refractivity contribution in [2.75, 3.05) is 13.7 Å². The second kappa shape index (κ2) is 3.96. The number of amides is 1. The molecule has 1 aliphatic rings. The zero-order valence-electron chi connectivity index (χ0n) is 8.50. The molecule has 14 heavy (non-hydrogen) atoms. The van der Waals surface area contributed by atoms with Crippen LogP contribution in [0.5, 0.6) is 0 Å². The number of carbonyl (C=O) groups excluding carboxylic acids is 2. The Kier molecular flexibility index (Phi) is 3.10. The van der Waals surface area contributed by atoms with Gasteiger partial charge in [0.2, 0.25) is 5.91 Å². The third-order valence-corrected chi connectivity index (χ3v) is 2.41. The maximum atomic E-state index is 11.4. The van der Waals surface area contributed by atoms with Crippen LogP contribution in [0, 0.1) is 5.92 Å². The van der Waals surface area contributed by atoms with Crippen molar-refractivity contribution in [3.05, 3.63) is 0 Å². The molecule has 0 heterocycles. The van der Waals surface area contributed by atoms with Gasteiger partial charge in [-0.3, -0.25) is 9.59 Å². The Bertz CT molecular complexity index is 248. The summed E-state index contributed by atoms with van der Waals surface area (Å²) in [6, 6.07) is 0. The number of rotatable bonds is 4. The van der Waals surface area contributed by atoms with Crippen LogP contribution < -0.4 is 11.1 Å². The minimum absolute atomic E-state index is 0.173. The maximum absolute atomic E-state index is 11.4. The van der Waals surface area contributed by atoms with E-state index in [2.05, 4.69) is 10.1 Å². The summed E-state index contributed by atoms with van der Waals surface area (Å²) in [5, 5.41) is 2.64. The summed E-state index contributed by atoms with van der Waals surface area (Å²) >= 11 is 0. The van der Waals surface area contributed by atoms with E-state index >= 15 is 0 Å². The SMILES string of the molecule is COC(=O)C(C)CNC(=O)C1(N)CC1. The molecule has 1 fully saturated rings. The van der Waals surface area contributed by atoms with Gasteiger partial charge >= 0.3 is 5.97 Å². The van der Waals surface area contributed by atoms with E-state index in [9.17, 15) is 9.59 Å². The average Bonchev–Trinajstić information content (AvgIpc) is 2.92. The van der Waals surface area contributed by atoms with Crippen molar-refractivity contribution in [3.8, 4) is 0 Å². The van der Waals surface area contributed by atoms with E-state index in [1.54, 1.807) is 6.92 Å². The lowest BCUT2D eigenvalue weighted by molar-refractivity contribution is -0.144. The lowest BCUT2D eigenvalue weighted by Crippen LogP contribution is -2.44. The van der Waals surface area contributed by atoms with Gasteiger partial charge in [-0.1, -0.05) is 6.92 Å². The molecule has 80 valence electrons. The maximum Gasteiger partial charge on any atom is 0.310 e. The highest BCUT2D eigenvalue weighted by Crippen LogP contribution is 2.32. The molecule has 0 spiro atoms. The first-order valence-electron chi connectivity index (χ1n) is 4.64. The topological polar surface area (TPSA) is 81.4 Å². The number of nitrogens with two attached hydrogens (primary N) is 1. The molecule has 1 rings (SSSR count). The van der Waals surface area contributed by atoms with Crippen LogP contribution in [0.4, 0.5) is 0 Å². The molecule has 5 nitrogen and oxygen atoms in total. The van der Waals surface area contributed by atoms with Gasteiger partial charge in [0, 0.05) is 6.54 Å². The minimum atomic E-state index is -0.671. The van der Waals surface area contributed by atoms with Crippen molar-refractivity contribution in [2.45, 2.75) is 25.3 Å². The van der Waals surface area contributed by atoms with Crippen molar-refractivity contribution in [1.82, 2.24) is 5.32 Å². The zero-order valence-corrected chi connectivity index (χ0v) is 8.50. The van der Waals surface area contributed by atoms with Crippen LogP contribution in [0.2, 0.25) is 0 Å². The molecule has 0 bridgehead atoms. The molecule has 1 saturated carbocycles. The molecule has 0 aromatic carbocycles. The molecule has 0 saturated heterocycles. The minimum Gasteiger partial charge on any atom is -0.469 e. The fourth-order valence-electron chi connectivity index (χ4n) is 1.07. The summed E-state index contributed by atoms with van der Waals surface area (Å²) in [7, 11) is 1.33. The molecule has 1 atom stereocenters. The van der Waals surface area contributed by atoms with E-state index in [1.807, 2.05) is 0 Å². The predicted molar refractivity (Wildman–Crippen MR) is 50.3 cm³/mol. The highest BCUT2D eigenvalue weighted by molar-refractivity contribution is 5.89. The van der Waals surface area contributed by atoms with Crippen LogP contribution in [0.25, 0.3) is 0 Å². The Balaban J connectivity index is 2.26. The molecule has 1 amide bonds. The fourth-order valence-corrected chi connectivity index (χ4v) is 1.07. The standard InChI is InChI=1S/C9H16N2O3/c1-6(7(12)14-2)5-11-8(13)9(10)3-4-9/h6H,3-5,10H2,1-2H3,(H,11,13). The number of methoxy groups -OCH3 is 1. The number of nitrogens with one attached hydrogen (secondary N) is 1. The van der Waals surface area contributed by atoms with Gasteiger partial charge in [-0.15, -0.1) is 0 Å². The van der Waals surface area contributed by atoms with E-state index in [4.69, 9.17) is 5.73 Å². The molecular weight excluding hydrogens is 184 g/mol. The second-order valence-corrected chi connectivity index (χ2v) is 3.79. The van der Waals surface area contributed by atoms with E-state index in [1.165, 1.54) is 7.11 Å². The van der Waals surface area contributed by atoms with Crippen LogP contribution in [-0.2, 0) is 14.3 Å². The van der Waals surface area contributed by atoms with Gasteiger partial charge in [0.1, 0.15) is 0 Å². The molecule has 3 N–H and O–H groups in total. The first-order valence-corrected chi connectivity index (χ1v) is 4.64. The van der Waals surface area contributed by atoms with Gasteiger partial charge in [0.25, 0.3) is 0 Å². The predicted octanol–water partition coefficient (Wildman–Crippen LogP) is -0.597. The molecule has 5 heteroatoms. The Labute approximate surface area is 83.0 Å². The first-order chi connectivity index (χ1) is 6.49. The zero-order chi connectivity index (χ0) is 10.8. The number of ether oxygens (including phenoxy) is 1. The van der Waals surface area contributed by atoms with E-state index in [-0.39, 0.29) is 24.3 Å². The van der Waals surface area contributed by atoms with Gasteiger partial charge < -0.3 is 15.8 Å². The smallest absolute Gasteiger partial charge is 0.310 e. The Morgan fingerprint density at radius 1 is 1.57 bits per heavy atom. The molecule has 0 aromatic rings. The third-order valence-electron chi connectivity index (χ3n) is 2.41. The van der Waals surface area contributed by atoms with Crippen LogP contribution in [0.15, 0.2) is 0 Å². The monoisotopic (exact) mass is 200 g/mol. The van der Waals surface area contributed by atoms with E-state index in [0.717, 1.165) is 12.8 Å². The van der Waals surface area contributed by atoms with Crippen LogP contribution in [-0.4, -0.2) is 31.1 Å². The Hall–Kier alpha value is -1.10. The van der Waals surface area contributed by atoms with Gasteiger partial charge in [-0.25, -0.2) is 0 Å². The van der Waals surface area contributed by atoms with Crippen molar-refractivity contribution < 1.29 is 14.3 Å². The van der Waals surface area contributed by atoms with Crippen LogP contribution in [0.1, 0.15) is 19.8 Å². The van der Waals surface area contributed by atoms with Gasteiger partial charge in [0.15, 0.2) is 0 Å². The normalized spacial score (nSPS) is 19.6. The van der Waals surface area contributed by atoms with E-state index < -0.39 is 5.54 Å². The molecule has 0 aromatic heterocycles. The first kappa shape index (κ1) is 11.0. The number of hydrogen-bond donors (Lipinski definition) is 2. The van der Waals surface area contributed by atoms with Crippen molar-refractivity contribution >= 4 is 11.9 Å². The summed E-state index contributed by atoms with van der Waals surface area (Å²) in [5.41, 5.74) is 4.99. The Morgan fingerprint density at radius 2 is 2.14 bits per heavy atom. The summed E-state index contributed by atoms with van der Waals surface area (Å²) in [4.78, 5) is 22.3. The fraction of sp³-hybridized carbons (Fsp3) is 0.778. The number of carbonyl (C=O) groups is 2. The molecule has 0 aliphatic heterocycles.